The number of piperazine rings is 1. The van der Waals surface area contributed by atoms with Crippen molar-refractivity contribution in [3.05, 3.63) is 22.4 Å². The van der Waals surface area contributed by atoms with Gasteiger partial charge < -0.3 is 19.9 Å². The zero-order valence-corrected chi connectivity index (χ0v) is 21.6. The van der Waals surface area contributed by atoms with Crippen molar-refractivity contribution in [1.29, 1.82) is 5.26 Å². The van der Waals surface area contributed by atoms with E-state index >= 15 is 0 Å². The first-order chi connectivity index (χ1) is 15.8. The Bertz CT molecular complexity index is 908. The molecule has 0 spiro atoms. The monoisotopic (exact) mass is 469 g/mol. The fraction of sp³-hybridized carbons (Fsp3) is 0.731. The fourth-order valence-electron chi connectivity index (χ4n) is 5.36. The number of aromatic nitrogens is 1. The van der Waals surface area contributed by atoms with E-state index in [4.69, 9.17) is 21.9 Å². The van der Waals surface area contributed by atoms with E-state index in [9.17, 15) is 5.26 Å². The van der Waals surface area contributed by atoms with Gasteiger partial charge in [0.2, 0.25) is 0 Å². The molecule has 0 radical (unpaired) electrons. The van der Waals surface area contributed by atoms with Crippen LogP contribution in [-0.2, 0) is 24.2 Å². The highest BCUT2D eigenvalue weighted by molar-refractivity contribution is 7.80. The first-order valence-electron chi connectivity index (χ1n) is 12.7. The highest BCUT2D eigenvalue weighted by Crippen LogP contribution is 2.36. The highest BCUT2D eigenvalue weighted by Gasteiger charge is 2.33. The first kappa shape index (κ1) is 24.2. The number of nitrogens with one attached hydrogen (secondary N) is 1. The molecule has 1 aliphatic carbocycles. The molecule has 0 bridgehead atoms. The SMILES string of the molecule is CC(C)Cc1nc(N2CCN(C(=S)NC3CCCCC3)CC2)c(C#N)c2c1COC(C)(C)C2. The third kappa shape index (κ3) is 5.60. The first-order valence-corrected chi connectivity index (χ1v) is 13.1. The minimum Gasteiger partial charge on any atom is -0.370 e. The third-order valence-corrected chi connectivity index (χ3v) is 7.58. The average molecular weight is 470 g/mol. The number of rotatable bonds is 4. The van der Waals surface area contributed by atoms with Crippen LogP contribution in [0.1, 0.15) is 82.2 Å². The van der Waals surface area contributed by atoms with Crippen molar-refractivity contribution < 1.29 is 4.74 Å². The molecule has 2 fully saturated rings. The van der Waals surface area contributed by atoms with Crippen LogP contribution in [0.5, 0.6) is 0 Å². The number of anilines is 1. The summed E-state index contributed by atoms with van der Waals surface area (Å²) in [6.45, 7) is 12.6. The van der Waals surface area contributed by atoms with Gasteiger partial charge in [0.15, 0.2) is 5.11 Å². The fourth-order valence-corrected chi connectivity index (χ4v) is 5.71. The summed E-state index contributed by atoms with van der Waals surface area (Å²) in [5, 5.41) is 14.7. The lowest BCUT2D eigenvalue weighted by Gasteiger charge is -2.40. The van der Waals surface area contributed by atoms with Crippen molar-refractivity contribution in [1.82, 2.24) is 15.2 Å². The Hall–Kier alpha value is -1.91. The van der Waals surface area contributed by atoms with Gasteiger partial charge in [-0.25, -0.2) is 4.98 Å². The van der Waals surface area contributed by atoms with Crippen LogP contribution >= 0.6 is 12.2 Å². The van der Waals surface area contributed by atoms with Gasteiger partial charge in [-0.15, -0.1) is 0 Å². The normalized spacial score (nSPS) is 21.0. The Morgan fingerprint density at radius 3 is 2.52 bits per heavy atom. The lowest BCUT2D eigenvalue weighted by Crippen LogP contribution is -2.54. The summed E-state index contributed by atoms with van der Waals surface area (Å²) in [6.07, 6.45) is 8.06. The molecular weight excluding hydrogens is 430 g/mol. The van der Waals surface area contributed by atoms with Gasteiger partial charge >= 0.3 is 0 Å². The van der Waals surface area contributed by atoms with Gasteiger partial charge in [-0.05, 0) is 56.8 Å². The maximum atomic E-state index is 10.2. The van der Waals surface area contributed by atoms with Crippen LogP contribution in [0.15, 0.2) is 0 Å². The number of fused-ring (bicyclic) bond motifs is 1. The number of hydrogen-bond acceptors (Lipinski definition) is 5. The van der Waals surface area contributed by atoms with Gasteiger partial charge in [0.25, 0.3) is 0 Å². The molecule has 180 valence electrons. The summed E-state index contributed by atoms with van der Waals surface area (Å²) in [6, 6.07) is 3.04. The topological polar surface area (TPSA) is 64.4 Å². The number of thiocarbonyl (C=S) groups is 1. The standard InChI is InChI=1S/C26H39N5OS/c1-18(2)14-23-22-17-32-26(3,4)15-20(22)21(16-27)24(29-23)30-10-12-31(13-11-30)25(33)28-19-8-6-5-7-9-19/h18-19H,5-15,17H2,1-4H3,(H,28,33). The molecule has 33 heavy (non-hydrogen) atoms. The van der Waals surface area contributed by atoms with Crippen LogP contribution in [0.2, 0.25) is 0 Å². The predicted molar refractivity (Wildman–Crippen MR) is 136 cm³/mol. The number of ether oxygens (including phenoxy) is 1. The molecule has 6 nitrogen and oxygen atoms in total. The smallest absolute Gasteiger partial charge is 0.169 e. The zero-order chi connectivity index (χ0) is 23.6. The second-order valence-corrected chi connectivity index (χ2v) is 11.3. The molecular formula is C26H39N5OS. The minimum atomic E-state index is -0.262. The molecule has 0 aromatic carbocycles. The Kier molecular flexibility index (Phi) is 7.45. The Balaban J connectivity index is 1.53. The number of hydrogen-bond donors (Lipinski definition) is 1. The third-order valence-electron chi connectivity index (χ3n) is 7.20. The molecule has 4 rings (SSSR count). The summed E-state index contributed by atoms with van der Waals surface area (Å²) < 4.78 is 6.11. The molecule has 7 heteroatoms. The quantitative estimate of drug-likeness (QED) is 0.658. The maximum Gasteiger partial charge on any atom is 0.169 e. The summed E-state index contributed by atoms with van der Waals surface area (Å²) in [5.41, 5.74) is 3.86. The van der Waals surface area contributed by atoms with Gasteiger partial charge in [0, 0.05) is 49.9 Å². The maximum absolute atomic E-state index is 10.2. The van der Waals surface area contributed by atoms with Crippen LogP contribution in [0.3, 0.4) is 0 Å². The van der Waals surface area contributed by atoms with E-state index in [0.29, 0.717) is 18.6 Å². The van der Waals surface area contributed by atoms with Crippen LogP contribution < -0.4 is 10.2 Å². The Morgan fingerprint density at radius 1 is 1.18 bits per heavy atom. The molecule has 1 N–H and O–H groups in total. The van der Waals surface area contributed by atoms with Crippen molar-refractivity contribution in [3.63, 3.8) is 0 Å². The van der Waals surface area contributed by atoms with E-state index < -0.39 is 0 Å². The molecule has 0 amide bonds. The average Bonchev–Trinajstić information content (AvgIpc) is 2.78. The van der Waals surface area contributed by atoms with Crippen LogP contribution in [0.25, 0.3) is 0 Å². The van der Waals surface area contributed by atoms with Crippen molar-refractivity contribution in [2.75, 3.05) is 31.1 Å². The van der Waals surface area contributed by atoms with Crippen molar-refractivity contribution in [2.45, 2.75) is 90.9 Å². The largest absolute Gasteiger partial charge is 0.370 e. The summed E-state index contributed by atoms with van der Waals surface area (Å²) in [7, 11) is 0. The second kappa shape index (κ2) is 10.1. The van der Waals surface area contributed by atoms with E-state index in [-0.39, 0.29) is 5.60 Å². The van der Waals surface area contributed by atoms with Crippen molar-refractivity contribution in [3.8, 4) is 6.07 Å². The van der Waals surface area contributed by atoms with Crippen molar-refractivity contribution in [2.24, 2.45) is 5.92 Å². The van der Waals surface area contributed by atoms with E-state index in [2.05, 4.69) is 48.9 Å². The van der Waals surface area contributed by atoms with Crippen LogP contribution in [0.4, 0.5) is 5.82 Å². The molecule has 2 aliphatic heterocycles. The van der Waals surface area contributed by atoms with E-state index in [0.717, 1.165) is 72.3 Å². The lowest BCUT2D eigenvalue weighted by atomic mass is 9.86. The molecule has 0 atom stereocenters. The molecule has 3 heterocycles. The number of pyridine rings is 1. The van der Waals surface area contributed by atoms with E-state index in [1.54, 1.807) is 0 Å². The van der Waals surface area contributed by atoms with Gasteiger partial charge in [-0.2, -0.15) is 5.26 Å². The molecule has 1 saturated carbocycles. The Morgan fingerprint density at radius 2 is 1.88 bits per heavy atom. The molecule has 3 aliphatic rings. The Labute approximate surface area is 204 Å². The van der Waals surface area contributed by atoms with Gasteiger partial charge in [-0.1, -0.05) is 33.1 Å². The summed E-state index contributed by atoms with van der Waals surface area (Å²) in [5.74, 6) is 1.35. The molecule has 1 saturated heterocycles. The second-order valence-electron chi connectivity index (χ2n) is 10.9. The molecule has 1 aromatic rings. The van der Waals surface area contributed by atoms with Crippen LogP contribution in [-0.4, -0.2) is 52.8 Å². The van der Waals surface area contributed by atoms with Gasteiger partial charge in [0.05, 0.1) is 17.8 Å². The summed E-state index contributed by atoms with van der Waals surface area (Å²) >= 11 is 5.75. The number of nitriles is 1. The molecule has 0 unspecified atom stereocenters. The van der Waals surface area contributed by atoms with Crippen LogP contribution in [0, 0.1) is 17.2 Å². The zero-order valence-electron chi connectivity index (χ0n) is 20.7. The highest BCUT2D eigenvalue weighted by atomic mass is 32.1. The number of nitrogens with zero attached hydrogens (tertiary/aromatic N) is 4. The lowest BCUT2D eigenvalue weighted by molar-refractivity contribution is -0.0407. The van der Waals surface area contributed by atoms with E-state index in [1.807, 2.05) is 0 Å². The molecule has 1 aromatic heterocycles. The van der Waals surface area contributed by atoms with Gasteiger partial charge in [-0.3, -0.25) is 0 Å². The minimum absolute atomic E-state index is 0.262. The van der Waals surface area contributed by atoms with Gasteiger partial charge in [0.1, 0.15) is 11.9 Å². The predicted octanol–water partition coefficient (Wildman–Crippen LogP) is 4.33. The summed E-state index contributed by atoms with van der Waals surface area (Å²) in [4.78, 5) is 9.67. The van der Waals surface area contributed by atoms with E-state index in [1.165, 1.54) is 32.1 Å². The van der Waals surface area contributed by atoms with Crippen molar-refractivity contribution >= 4 is 23.1 Å².